The highest BCUT2D eigenvalue weighted by Crippen LogP contribution is 2.29. The van der Waals surface area contributed by atoms with Gasteiger partial charge in [0.25, 0.3) is 5.56 Å². The number of nitrogen functional groups attached to an aromatic ring is 1. The first-order chi connectivity index (χ1) is 11.0. The van der Waals surface area contributed by atoms with E-state index in [2.05, 4.69) is 16.5 Å². The number of aromatic nitrogens is 3. The van der Waals surface area contributed by atoms with Gasteiger partial charge in [0.2, 0.25) is 5.95 Å². The normalized spacial score (nSPS) is 10.7. The lowest BCUT2D eigenvalue weighted by molar-refractivity contribution is 0.580. The van der Waals surface area contributed by atoms with Gasteiger partial charge in [-0.1, -0.05) is 12.2 Å². The maximum absolute atomic E-state index is 12.2. The SMILES string of the molecule is C=C(C)Cn1ccc(-c2cnc(N)nc2-c2ccco2)cc1=O. The molecule has 0 aliphatic rings. The fourth-order valence-electron chi connectivity index (χ4n) is 2.30. The molecular formula is C17H16N4O2. The zero-order valence-electron chi connectivity index (χ0n) is 12.7. The minimum atomic E-state index is -0.118. The first kappa shape index (κ1) is 14.8. The number of rotatable bonds is 4. The third-order valence-corrected chi connectivity index (χ3v) is 3.31. The second-order valence-corrected chi connectivity index (χ2v) is 5.31. The minimum Gasteiger partial charge on any atom is -0.463 e. The van der Waals surface area contributed by atoms with E-state index in [9.17, 15) is 4.79 Å². The molecule has 0 aromatic carbocycles. The summed E-state index contributed by atoms with van der Waals surface area (Å²) in [6, 6.07) is 6.94. The first-order valence-electron chi connectivity index (χ1n) is 7.06. The van der Waals surface area contributed by atoms with E-state index >= 15 is 0 Å². The summed E-state index contributed by atoms with van der Waals surface area (Å²) in [5, 5.41) is 0. The molecule has 116 valence electrons. The van der Waals surface area contributed by atoms with Gasteiger partial charge in [-0.15, -0.1) is 0 Å². The van der Waals surface area contributed by atoms with Crippen molar-refractivity contribution in [1.29, 1.82) is 0 Å². The molecule has 0 radical (unpaired) electrons. The monoisotopic (exact) mass is 308 g/mol. The van der Waals surface area contributed by atoms with Crippen LogP contribution in [0.15, 0.2) is 64.3 Å². The molecule has 0 bridgehead atoms. The standard InChI is InChI=1S/C17H16N4O2/c1-11(2)10-21-6-5-12(8-15(21)22)13-9-19-17(18)20-16(13)14-4-3-7-23-14/h3-9H,1,10H2,2H3,(H2,18,19,20). The summed E-state index contributed by atoms with van der Waals surface area (Å²) in [7, 11) is 0. The molecule has 0 atom stereocenters. The van der Waals surface area contributed by atoms with E-state index < -0.39 is 0 Å². The van der Waals surface area contributed by atoms with Crippen molar-refractivity contribution >= 4 is 5.95 Å². The molecule has 6 nitrogen and oxygen atoms in total. The van der Waals surface area contributed by atoms with Crippen LogP contribution in [0.5, 0.6) is 0 Å². The number of nitrogens with two attached hydrogens (primary N) is 1. The summed E-state index contributed by atoms with van der Waals surface area (Å²) in [6.45, 7) is 6.19. The lowest BCUT2D eigenvalue weighted by atomic mass is 10.1. The maximum Gasteiger partial charge on any atom is 0.251 e. The van der Waals surface area contributed by atoms with E-state index in [0.717, 1.165) is 5.57 Å². The zero-order chi connectivity index (χ0) is 16.4. The lowest BCUT2D eigenvalue weighted by Crippen LogP contribution is -2.19. The van der Waals surface area contributed by atoms with Crippen LogP contribution >= 0.6 is 0 Å². The van der Waals surface area contributed by atoms with Gasteiger partial charge in [-0.2, -0.15) is 0 Å². The van der Waals surface area contributed by atoms with Crippen LogP contribution in [0, 0.1) is 0 Å². The summed E-state index contributed by atoms with van der Waals surface area (Å²) >= 11 is 0. The Morgan fingerprint density at radius 3 is 2.91 bits per heavy atom. The summed E-state index contributed by atoms with van der Waals surface area (Å²) < 4.78 is 7.00. The van der Waals surface area contributed by atoms with Crippen molar-refractivity contribution in [3.8, 4) is 22.6 Å². The number of furan rings is 1. The Balaban J connectivity index is 2.11. The molecule has 3 rings (SSSR count). The summed E-state index contributed by atoms with van der Waals surface area (Å²) in [5.41, 5.74) is 8.42. The van der Waals surface area contributed by atoms with Crippen molar-refractivity contribution in [2.45, 2.75) is 13.5 Å². The van der Waals surface area contributed by atoms with Crippen LogP contribution in [-0.2, 0) is 6.54 Å². The van der Waals surface area contributed by atoms with E-state index in [1.165, 1.54) is 0 Å². The van der Waals surface area contributed by atoms with E-state index in [1.807, 2.05) is 13.0 Å². The average Bonchev–Trinajstić information content (AvgIpc) is 3.03. The molecule has 3 heterocycles. The minimum absolute atomic E-state index is 0.118. The van der Waals surface area contributed by atoms with Crippen molar-refractivity contribution in [3.05, 3.63) is 65.4 Å². The van der Waals surface area contributed by atoms with E-state index in [1.54, 1.807) is 41.4 Å². The molecule has 0 saturated carbocycles. The summed E-state index contributed by atoms with van der Waals surface area (Å²) in [4.78, 5) is 20.5. The quantitative estimate of drug-likeness (QED) is 0.749. The van der Waals surface area contributed by atoms with Gasteiger partial charge in [-0.25, -0.2) is 9.97 Å². The Bertz CT molecular complexity index is 911. The molecule has 0 amide bonds. The van der Waals surface area contributed by atoms with Crippen LogP contribution in [-0.4, -0.2) is 14.5 Å². The van der Waals surface area contributed by atoms with Crippen molar-refractivity contribution in [1.82, 2.24) is 14.5 Å². The topological polar surface area (TPSA) is 86.9 Å². The van der Waals surface area contributed by atoms with Crippen molar-refractivity contribution in [2.24, 2.45) is 0 Å². The van der Waals surface area contributed by atoms with Crippen LogP contribution < -0.4 is 11.3 Å². The highest BCUT2D eigenvalue weighted by molar-refractivity contribution is 5.78. The third kappa shape index (κ3) is 3.06. The smallest absolute Gasteiger partial charge is 0.251 e. The van der Waals surface area contributed by atoms with E-state index in [-0.39, 0.29) is 11.5 Å². The molecule has 0 saturated heterocycles. The molecule has 0 spiro atoms. The second-order valence-electron chi connectivity index (χ2n) is 5.31. The number of nitrogens with zero attached hydrogens (tertiary/aromatic N) is 3. The van der Waals surface area contributed by atoms with Crippen LogP contribution in [0.4, 0.5) is 5.95 Å². The molecule has 0 fully saturated rings. The Morgan fingerprint density at radius 1 is 1.43 bits per heavy atom. The van der Waals surface area contributed by atoms with E-state index in [0.29, 0.717) is 29.1 Å². The molecule has 3 aromatic heterocycles. The van der Waals surface area contributed by atoms with Crippen LogP contribution in [0.3, 0.4) is 0 Å². The fourth-order valence-corrected chi connectivity index (χ4v) is 2.30. The molecule has 0 aliphatic carbocycles. The van der Waals surface area contributed by atoms with Gasteiger partial charge >= 0.3 is 0 Å². The first-order valence-corrected chi connectivity index (χ1v) is 7.06. The molecular weight excluding hydrogens is 292 g/mol. The van der Waals surface area contributed by atoms with E-state index in [4.69, 9.17) is 10.2 Å². The number of hydrogen-bond acceptors (Lipinski definition) is 5. The van der Waals surface area contributed by atoms with Gasteiger partial charge in [-0.3, -0.25) is 4.79 Å². The van der Waals surface area contributed by atoms with Gasteiger partial charge in [0.05, 0.1) is 6.26 Å². The molecule has 0 aliphatic heterocycles. The number of allylic oxidation sites excluding steroid dienone is 1. The van der Waals surface area contributed by atoms with Gasteiger partial charge in [0, 0.05) is 30.6 Å². The van der Waals surface area contributed by atoms with Crippen molar-refractivity contribution < 1.29 is 4.42 Å². The summed E-state index contributed by atoms with van der Waals surface area (Å²) in [5.74, 6) is 0.719. The Hall–Kier alpha value is -3.15. The molecule has 2 N–H and O–H groups in total. The van der Waals surface area contributed by atoms with Gasteiger partial charge < -0.3 is 14.7 Å². The average molecular weight is 308 g/mol. The fraction of sp³-hybridized carbons (Fsp3) is 0.118. The molecule has 6 heteroatoms. The highest BCUT2D eigenvalue weighted by Gasteiger charge is 2.14. The summed E-state index contributed by atoms with van der Waals surface area (Å²) in [6.07, 6.45) is 4.88. The van der Waals surface area contributed by atoms with Gasteiger partial charge in [-0.05, 0) is 30.7 Å². The number of anilines is 1. The Morgan fingerprint density at radius 2 is 2.26 bits per heavy atom. The van der Waals surface area contributed by atoms with Crippen LogP contribution in [0.1, 0.15) is 6.92 Å². The van der Waals surface area contributed by atoms with Crippen molar-refractivity contribution in [2.75, 3.05) is 5.73 Å². The van der Waals surface area contributed by atoms with Crippen LogP contribution in [0.25, 0.3) is 22.6 Å². The number of hydrogen-bond donors (Lipinski definition) is 1. The highest BCUT2D eigenvalue weighted by atomic mass is 16.3. The maximum atomic E-state index is 12.2. The lowest BCUT2D eigenvalue weighted by Gasteiger charge is -2.09. The second kappa shape index (κ2) is 5.92. The zero-order valence-corrected chi connectivity index (χ0v) is 12.7. The number of pyridine rings is 1. The van der Waals surface area contributed by atoms with Gasteiger partial charge in [0.1, 0.15) is 5.69 Å². The third-order valence-electron chi connectivity index (χ3n) is 3.31. The predicted molar refractivity (Wildman–Crippen MR) is 88.7 cm³/mol. The Labute approximate surface area is 132 Å². The Kier molecular flexibility index (Phi) is 3.80. The predicted octanol–water partition coefficient (Wildman–Crippen LogP) is 2.72. The van der Waals surface area contributed by atoms with Gasteiger partial charge in [0.15, 0.2) is 5.76 Å². The molecule has 3 aromatic rings. The largest absolute Gasteiger partial charge is 0.463 e. The van der Waals surface area contributed by atoms with Crippen LogP contribution in [0.2, 0.25) is 0 Å². The molecule has 23 heavy (non-hydrogen) atoms. The molecule has 0 unspecified atom stereocenters. The van der Waals surface area contributed by atoms with Crippen molar-refractivity contribution in [3.63, 3.8) is 0 Å².